The zero-order chi connectivity index (χ0) is 17.1. The minimum atomic E-state index is -0.437. The van der Waals surface area contributed by atoms with E-state index >= 15 is 0 Å². The Labute approximate surface area is 137 Å². The lowest BCUT2D eigenvalue weighted by Crippen LogP contribution is -2.14. The van der Waals surface area contributed by atoms with E-state index < -0.39 is 11.7 Å². The maximum absolute atomic E-state index is 13.9. The smallest absolute Gasteiger partial charge is 0.278 e. The molecule has 0 fully saturated rings. The summed E-state index contributed by atoms with van der Waals surface area (Å²) in [7, 11) is 1.57. The molecule has 1 N–H and O–H groups in total. The Morgan fingerprint density at radius 2 is 1.88 bits per heavy atom. The molecule has 0 aliphatic carbocycles. The van der Waals surface area contributed by atoms with Gasteiger partial charge in [0.15, 0.2) is 5.69 Å². The number of aromatic nitrogens is 3. The fraction of sp³-hybridized carbons (Fsp3) is 0.118. The Hall–Kier alpha value is -3.22. The SMILES string of the molecule is COc1ccc(NC(=O)c2nnn(-c3ccccc3F)c2C)cc1. The van der Waals surface area contributed by atoms with Crippen LogP contribution >= 0.6 is 0 Å². The minimum Gasteiger partial charge on any atom is -0.497 e. The summed E-state index contributed by atoms with van der Waals surface area (Å²) in [6, 6.07) is 13.1. The summed E-state index contributed by atoms with van der Waals surface area (Å²) in [5.74, 6) is -0.164. The summed E-state index contributed by atoms with van der Waals surface area (Å²) in [5, 5.41) is 10.5. The van der Waals surface area contributed by atoms with Crippen molar-refractivity contribution in [3.63, 3.8) is 0 Å². The zero-order valence-corrected chi connectivity index (χ0v) is 13.2. The Kier molecular flexibility index (Phi) is 4.24. The fourth-order valence-electron chi connectivity index (χ4n) is 2.26. The van der Waals surface area contributed by atoms with Crippen molar-refractivity contribution in [3.05, 3.63) is 65.7 Å². The molecule has 1 heterocycles. The zero-order valence-electron chi connectivity index (χ0n) is 13.2. The highest BCUT2D eigenvalue weighted by Gasteiger charge is 2.18. The van der Waals surface area contributed by atoms with Crippen LogP contribution in [0.5, 0.6) is 5.75 Å². The lowest BCUT2D eigenvalue weighted by atomic mass is 10.2. The second kappa shape index (κ2) is 6.49. The molecule has 0 saturated heterocycles. The number of carbonyl (C=O) groups excluding carboxylic acids is 1. The number of halogens is 1. The maximum Gasteiger partial charge on any atom is 0.278 e. The van der Waals surface area contributed by atoms with Crippen molar-refractivity contribution in [3.8, 4) is 11.4 Å². The van der Waals surface area contributed by atoms with Crippen molar-refractivity contribution < 1.29 is 13.9 Å². The molecule has 24 heavy (non-hydrogen) atoms. The number of methoxy groups -OCH3 is 1. The molecular formula is C17H15FN4O2. The average Bonchev–Trinajstić information content (AvgIpc) is 2.97. The lowest BCUT2D eigenvalue weighted by molar-refractivity contribution is 0.102. The average molecular weight is 326 g/mol. The third kappa shape index (κ3) is 2.96. The number of benzene rings is 2. The topological polar surface area (TPSA) is 69.0 Å². The van der Waals surface area contributed by atoms with E-state index in [1.807, 2.05) is 0 Å². The summed E-state index contributed by atoms with van der Waals surface area (Å²) < 4.78 is 20.3. The van der Waals surface area contributed by atoms with E-state index in [0.717, 1.165) is 0 Å². The van der Waals surface area contributed by atoms with Crippen molar-refractivity contribution in [2.24, 2.45) is 0 Å². The van der Waals surface area contributed by atoms with Crippen molar-refractivity contribution in [2.75, 3.05) is 12.4 Å². The molecule has 1 aromatic heterocycles. The van der Waals surface area contributed by atoms with Gasteiger partial charge in [-0.25, -0.2) is 9.07 Å². The van der Waals surface area contributed by atoms with Crippen LogP contribution in [0.15, 0.2) is 48.5 Å². The molecule has 3 aromatic rings. The Bertz CT molecular complexity index is 875. The number of rotatable bonds is 4. The van der Waals surface area contributed by atoms with Gasteiger partial charge in [-0.3, -0.25) is 4.79 Å². The molecule has 0 aliphatic rings. The first kappa shape index (κ1) is 15.7. The van der Waals surface area contributed by atoms with E-state index in [1.165, 1.54) is 10.7 Å². The molecular weight excluding hydrogens is 311 g/mol. The van der Waals surface area contributed by atoms with Crippen LogP contribution in [0.1, 0.15) is 16.2 Å². The van der Waals surface area contributed by atoms with Crippen LogP contribution in [0.2, 0.25) is 0 Å². The second-order valence-corrected chi connectivity index (χ2v) is 5.07. The molecule has 7 heteroatoms. The van der Waals surface area contributed by atoms with Crippen molar-refractivity contribution in [2.45, 2.75) is 6.92 Å². The van der Waals surface area contributed by atoms with Gasteiger partial charge in [0.1, 0.15) is 17.3 Å². The summed E-state index contributed by atoms with van der Waals surface area (Å²) in [5.41, 5.74) is 1.42. The number of nitrogens with zero attached hydrogens (tertiary/aromatic N) is 3. The first-order chi connectivity index (χ1) is 11.6. The third-order valence-corrected chi connectivity index (χ3v) is 3.54. The van der Waals surface area contributed by atoms with Crippen LogP contribution in [-0.4, -0.2) is 28.0 Å². The quantitative estimate of drug-likeness (QED) is 0.800. The molecule has 0 radical (unpaired) electrons. The number of ether oxygens (including phenoxy) is 1. The number of para-hydroxylation sites is 1. The van der Waals surface area contributed by atoms with E-state index in [9.17, 15) is 9.18 Å². The molecule has 2 aromatic carbocycles. The summed E-state index contributed by atoms with van der Waals surface area (Å²) in [4.78, 5) is 12.4. The predicted octanol–water partition coefficient (Wildman–Crippen LogP) is 2.98. The number of carbonyl (C=O) groups is 1. The lowest BCUT2D eigenvalue weighted by Gasteiger charge is -2.06. The van der Waals surface area contributed by atoms with Crippen molar-refractivity contribution in [1.29, 1.82) is 0 Å². The largest absolute Gasteiger partial charge is 0.497 e. The van der Waals surface area contributed by atoms with Gasteiger partial charge in [-0.1, -0.05) is 17.3 Å². The highest BCUT2D eigenvalue weighted by atomic mass is 19.1. The van der Waals surface area contributed by atoms with Crippen LogP contribution in [0.3, 0.4) is 0 Å². The van der Waals surface area contributed by atoms with Gasteiger partial charge in [0.25, 0.3) is 5.91 Å². The predicted molar refractivity (Wildman–Crippen MR) is 87.0 cm³/mol. The third-order valence-electron chi connectivity index (χ3n) is 3.54. The molecule has 0 atom stereocenters. The van der Waals surface area contributed by atoms with Gasteiger partial charge in [-0.15, -0.1) is 5.10 Å². The van der Waals surface area contributed by atoms with Gasteiger partial charge in [0, 0.05) is 5.69 Å². The van der Waals surface area contributed by atoms with Gasteiger partial charge in [0.2, 0.25) is 0 Å². The summed E-state index contributed by atoms with van der Waals surface area (Å²) in [6.45, 7) is 1.66. The first-order valence-electron chi connectivity index (χ1n) is 7.23. The monoisotopic (exact) mass is 326 g/mol. The minimum absolute atomic E-state index is 0.133. The highest BCUT2D eigenvalue weighted by Crippen LogP contribution is 2.18. The van der Waals surface area contributed by atoms with E-state index in [1.54, 1.807) is 56.5 Å². The van der Waals surface area contributed by atoms with Crippen LogP contribution in [0.4, 0.5) is 10.1 Å². The van der Waals surface area contributed by atoms with E-state index in [4.69, 9.17) is 4.74 Å². The van der Waals surface area contributed by atoms with Crippen LogP contribution in [-0.2, 0) is 0 Å². The van der Waals surface area contributed by atoms with Crippen molar-refractivity contribution in [1.82, 2.24) is 15.0 Å². The van der Waals surface area contributed by atoms with Gasteiger partial charge in [-0.2, -0.15) is 0 Å². The Balaban J connectivity index is 1.85. The van der Waals surface area contributed by atoms with E-state index in [0.29, 0.717) is 17.1 Å². The first-order valence-corrected chi connectivity index (χ1v) is 7.23. The molecule has 6 nitrogen and oxygen atoms in total. The fourth-order valence-corrected chi connectivity index (χ4v) is 2.26. The molecule has 0 spiro atoms. The molecule has 122 valence electrons. The number of hydrogen-bond acceptors (Lipinski definition) is 4. The van der Waals surface area contributed by atoms with Crippen molar-refractivity contribution >= 4 is 11.6 Å². The molecule has 1 amide bonds. The molecule has 0 saturated carbocycles. The normalized spacial score (nSPS) is 10.5. The number of nitrogens with one attached hydrogen (secondary N) is 1. The van der Waals surface area contributed by atoms with Gasteiger partial charge >= 0.3 is 0 Å². The van der Waals surface area contributed by atoms with Gasteiger partial charge in [0.05, 0.1) is 12.8 Å². The Morgan fingerprint density at radius 1 is 1.17 bits per heavy atom. The number of amides is 1. The molecule has 0 bridgehead atoms. The van der Waals surface area contributed by atoms with Crippen LogP contribution < -0.4 is 10.1 Å². The standard InChI is InChI=1S/C17H15FN4O2/c1-11-16(17(23)19-12-7-9-13(24-2)10-8-12)20-21-22(11)15-6-4-3-5-14(15)18/h3-10H,1-2H3,(H,19,23). The summed E-state index contributed by atoms with van der Waals surface area (Å²) in [6.07, 6.45) is 0. The Morgan fingerprint density at radius 3 is 2.54 bits per heavy atom. The van der Waals surface area contributed by atoms with Gasteiger partial charge < -0.3 is 10.1 Å². The summed E-state index contributed by atoms with van der Waals surface area (Å²) >= 11 is 0. The number of hydrogen-bond donors (Lipinski definition) is 1. The molecule has 0 aliphatic heterocycles. The van der Waals surface area contributed by atoms with Crippen LogP contribution in [0.25, 0.3) is 5.69 Å². The van der Waals surface area contributed by atoms with E-state index in [2.05, 4.69) is 15.6 Å². The molecule has 3 rings (SSSR count). The van der Waals surface area contributed by atoms with Crippen LogP contribution in [0, 0.1) is 12.7 Å². The molecule has 0 unspecified atom stereocenters. The van der Waals surface area contributed by atoms with E-state index in [-0.39, 0.29) is 11.4 Å². The number of anilines is 1. The maximum atomic E-state index is 13.9. The van der Waals surface area contributed by atoms with Gasteiger partial charge in [-0.05, 0) is 43.3 Å². The highest BCUT2D eigenvalue weighted by molar-refractivity contribution is 6.03. The second-order valence-electron chi connectivity index (χ2n) is 5.07.